The zero-order valence-electron chi connectivity index (χ0n) is 14.3. The van der Waals surface area contributed by atoms with Crippen molar-refractivity contribution in [2.45, 2.75) is 25.1 Å². The van der Waals surface area contributed by atoms with Crippen molar-refractivity contribution >= 4 is 11.4 Å². The van der Waals surface area contributed by atoms with Crippen LogP contribution in [0.25, 0.3) is 11.1 Å². The zero-order valence-corrected chi connectivity index (χ0v) is 14.3. The summed E-state index contributed by atoms with van der Waals surface area (Å²) in [6.07, 6.45) is 0.0829. The van der Waals surface area contributed by atoms with Crippen LogP contribution in [0, 0.1) is 6.92 Å². The van der Waals surface area contributed by atoms with Crippen molar-refractivity contribution in [1.82, 2.24) is 0 Å². The van der Waals surface area contributed by atoms with Gasteiger partial charge in [0.15, 0.2) is 5.67 Å². The SMILES string of the molecule is Cc1ccc(N)cc1-c1ccc2c(c1)N1CCOCC1C(F)(CF)C2. The van der Waals surface area contributed by atoms with Gasteiger partial charge in [0.1, 0.15) is 6.67 Å². The molecule has 5 heteroatoms. The molecule has 1 fully saturated rings. The minimum atomic E-state index is -1.89. The molecule has 2 atom stereocenters. The van der Waals surface area contributed by atoms with Crippen molar-refractivity contribution in [3.05, 3.63) is 47.5 Å². The van der Waals surface area contributed by atoms with Crippen LogP contribution in [-0.2, 0) is 11.2 Å². The molecule has 2 unspecified atom stereocenters. The van der Waals surface area contributed by atoms with E-state index in [1.165, 1.54) is 0 Å². The highest BCUT2D eigenvalue weighted by atomic mass is 19.2. The maximum atomic E-state index is 15.1. The Labute approximate surface area is 146 Å². The number of rotatable bonds is 2. The molecule has 2 aromatic rings. The standard InChI is InChI=1S/C20H22F2N2O/c1-13-2-5-16(23)9-17(13)14-3-4-15-10-20(22,12-21)19-11-25-7-6-24(19)18(15)8-14/h2-5,8-9,19H,6-7,10-12,23H2,1H3. The second kappa shape index (κ2) is 5.99. The molecule has 4 rings (SSSR count). The number of aryl methyl sites for hydroxylation is 1. The topological polar surface area (TPSA) is 38.5 Å². The van der Waals surface area contributed by atoms with Crippen molar-refractivity contribution in [2.24, 2.45) is 0 Å². The Hall–Kier alpha value is -2.14. The van der Waals surface area contributed by atoms with E-state index in [-0.39, 0.29) is 13.0 Å². The van der Waals surface area contributed by atoms with Gasteiger partial charge in [0.05, 0.1) is 19.3 Å². The van der Waals surface area contributed by atoms with Crippen LogP contribution in [0.15, 0.2) is 36.4 Å². The van der Waals surface area contributed by atoms with Gasteiger partial charge in [0, 0.05) is 24.3 Å². The quantitative estimate of drug-likeness (QED) is 0.845. The van der Waals surface area contributed by atoms with E-state index in [1.807, 2.05) is 42.2 Å². The van der Waals surface area contributed by atoms with Crippen molar-refractivity contribution < 1.29 is 13.5 Å². The zero-order chi connectivity index (χ0) is 17.6. The van der Waals surface area contributed by atoms with Crippen LogP contribution < -0.4 is 10.6 Å². The fourth-order valence-corrected chi connectivity index (χ4v) is 3.99. The number of hydrogen-bond donors (Lipinski definition) is 1. The maximum absolute atomic E-state index is 15.1. The normalized spacial score (nSPS) is 25.4. The molecular weight excluding hydrogens is 322 g/mol. The van der Waals surface area contributed by atoms with Crippen LogP contribution in [0.4, 0.5) is 20.2 Å². The largest absolute Gasteiger partial charge is 0.399 e. The van der Waals surface area contributed by atoms with E-state index in [4.69, 9.17) is 10.5 Å². The number of morpholine rings is 1. The molecule has 2 aromatic carbocycles. The first-order valence-corrected chi connectivity index (χ1v) is 8.60. The predicted octanol–water partition coefficient (Wildman–Crippen LogP) is 3.68. The minimum Gasteiger partial charge on any atom is -0.399 e. The lowest BCUT2D eigenvalue weighted by molar-refractivity contribution is 0.000809. The fourth-order valence-electron chi connectivity index (χ4n) is 3.99. The highest BCUT2D eigenvalue weighted by molar-refractivity contribution is 5.76. The molecule has 0 radical (unpaired) electrons. The number of anilines is 2. The number of nitrogens with zero attached hydrogens (tertiary/aromatic N) is 1. The molecule has 3 nitrogen and oxygen atoms in total. The Bertz CT molecular complexity index is 810. The monoisotopic (exact) mass is 344 g/mol. The van der Waals surface area contributed by atoms with Gasteiger partial charge in [-0.3, -0.25) is 0 Å². The molecule has 0 aliphatic carbocycles. The van der Waals surface area contributed by atoms with Gasteiger partial charge in [-0.15, -0.1) is 0 Å². The molecule has 0 aromatic heterocycles. The van der Waals surface area contributed by atoms with Gasteiger partial charge in [-0.05, 0) is 47.4 Å². The number of fused-ring (bicyclic) bond motifs is 3. The summed E-state index contributed by atoms with van der Waals surface area (Å²) >= 11 is 0. The molecule has 2 N–H and O–H groups in total. The number of hydrogen-bond acceptors (Lipinski definition) is 3. The lowest BCUT2D eigenvalue weighted by Crippen LogP contribution is -2.61. The summed E-state index contributed by atoms with van der Waals surface area (Å²) in [4.78, 5) is 1.98. The summed E-state index contributed by atoms with van der Waals surface area (Å²) < 4.78 is 34.1. The van der Waals surface area contributed by atoms with E-state index in [0.717, 1.165) is 27.9 Å². The van der Waals surface area contributed by atoms with Gasteiger partial charge in [0.25, 0.3) is 0 Å². The van der Waals surface area contributed by atoms with Crippen LogP contribution in [0.3, 0.4) is 0 Å². The fraction of sp³-hybridized carbons (Fsp3) is 0.400. The van der Waals surface area contributed by atoms with Crippen molar-refractivity contribution in [3.63, 3.8) is 0 Å². The first-order chi connectivity index (χ1) is 12.0. The Kier molecular flexibility index (Phi) is 3.91. The number of alkyl halides is 2. The van der Waals surface area contributed by atoms with Gasteiger partial charge in [-0.1, -0.05) is 18.2 Å². The highest BCUT2D eigenvalue weighted by Crippen LogP contribution is 2.42. The number of nitrogen functional groups attached to an aromatic ring is 1. The van der Waals surface area contributed by atoms with Crippen molar-refractivity contribution in [3.8, 4) is 11.1 Å². The molecule has 2 aliphatic rings. The van der Waals surface area contributed by atoms with Gasteiger partial charge in [-0.2, -0.15) is 0 Å². The maximum Gasteiger partial charge on any atom is 0.165 e. The third kappa shape index (κ3) is 2.67. The molecule has 1 saturated heterocycles. The molecule has 0 spiro atoms. The van der Waals surface area contributed by atoms with Crippen LogP contribution in [0.2, 0.25) is 0 Å². The van der Waals surface area contributed by atoms with E-state index in [2.05, 4.69) is 6.07 Å². The van der Waals surface area contributed by atoms with Crippen LogP contribution in [0.5, 0.6) is 0 Å². The number of halogens is 2. The number of ether oxygens (including phenoxy) is 1. The van der Waals surface area contributed by atoms with Crippen molar-refractivity contribution in [2.75, 3.05) is 37.1 Å². The second-order valence-corrected chi connectivity index (χ2v) is 7.05. The molecule has 2 heterocycles. The van der Waals surface area contributed by atoms with E-state index >= 15 is 4.39 Å². The summed E-state index contributed by atoms with van der Waals surface area (Å²) in [5.41, 5.74) is 9.84. The highest BCUT2D eigenvalue weighted by Gasteiger charge is 2.48. The Morgan fingerprint density at radius 1 is 1.28 bits per heavy atom. The van der Waals surface area contributed by atoms with Crippen molar-refractivity contribution in [1.29, 1.82) is 0 Å². The molecule has 0 amide bonds. The second-order valence-electron chi connectivity index (χ2n) is 7.05. The minimum absolute atomic E-state index is 0.0829. The molecular formula is C20H22F2N2O. The Morgan fingerprint density at radius 2 is 2.12 bits per heavy atom. The summed E-state index contributed by atoms with van der Waals surface area (Å²) in [6, 6.07) is 11.2. The van der Waals surface area contributed by atoms with E-state index in [1.54, 1.807) is 0 Å². The molecule has 0 saturated carbocycles. The van der Waals surface area contributed by atoms with Gasteiger partial charge >= 0.3 is 0 Å². The predicted molar refractivity (Wildman–Crippen MR) is 96.5 cm³/mol. The van der Waals surface area contributed by atoms with Crippen LogP contribution >= 0.6 is 0 Å². The molecule has 25 heavy (non-hydrogen) atoms. The molecule has 2 aliphatic heterocycles. The summed E-state index contributed by atoms with van der Waals surface area (Å²) in [5, 5.41) is 0. The smallest absolute Gasteiger partial charge is 0.165 e. The van der Waals surface area contributed by atoms with Gasteiger partial charge in [0.2, 0.25) is 0 Å². The van der Waals surface area contributed by atoms with Gasteiger partial charge in [-0.25, -0.2) is 8.78 Å². The number of benzene rings is 2. The number of nitrogens with two attached hydrogens (primary N) is 1. The molecule has 0 bridgehead atoms. The van der Waals surface area contributed by atoms with E-state index < -0.39 is 18.4 Å². The molecule has 132 valence electrons. The third-order valence-corrected chi connectivity index (χ3v) is 5.40. The lowest BCUT2D eigenvalue weighted by atomic mass is 9.82. The first kappa shape index (κ1) is 16.3. The summed E-state index contributed by atoms with van der Waals surface area (Å²) in [5.74, 6) is 0. The lowest BCUT2D eigenvalue weighted by Gasteiger charge is -2.48. The van der Waals surface area contributed by atoms with Gasteiger partial charge < -0.3 is 15.4 Å². The summed E-state index contributed by atoms with van der Waals surface area (Å²) in [6.45, 7) is 2.37. The Morgan fingerprint density at radius 3 is 2.92 bits per heavy atom. The summed E-state index contributed by atoms with van der Waals surface area (Å²) in [7, 11) is 0. The first-order valence-electron chi connectivity index (χ1n) is 8.60. The van der Waals surface area contributed by atoms with Crippen LogP contribution in [-0.4, -0.2) is 38.1 Å². The Balaban J connectivity index is 1.81. The van der Waals surface area contributed by atoms with Crippen LogP contribution in [0.1, 0.15) is 11.1 Å². The third-order valence-electron chi connectivity index (χ3n) is 5.40. The average Bonchev–Trinajstić information content (AvgIpc) is 2.64. The van der Waals surface area contributed by atoms with E-state index in [9.17, 15) is 4.39 Å². The van der Waals surface area contributed by atoms with E-state index in [0.29, 0.717) is 18.8 Å². The average molecular weight is 344 g/mol.